The average Bonchev–Trinajstić information content (AvgIpc) is 3.33. The first kappa shape index (κ1) is 18.6. The van der Waals surface area contributed by atoms with E-state index in [2.05, 4.69) is 27.1 Å². The molecule has 0 aromatic carbocycles. The Hall–Kier alpha value is -2.79. The molecule has 1 aliphatic heterocycles. The predicted molar refractivity (Wildman–Crippen MR) is 105 cm³/mol. The van der Waals surface area contributed by atoms with Crippen LogP contribution < -0.4 is 15.6 Å². The zero-order valence-electron chi connectivity index (χ0n) is 15.3. The number of ether oxygens (including phenoxy) is 1. The van der Waals surface area contributed by atoms with E-state index < -0.39 is 0 Å². The van der Waals surface area contributed by atoms with Crippen molar-refractivity contribution in [2.75, 3.05) is 18.9 Å². The van der Waals surface area contributed by atoms with E-state index in [4.69, 9.17) is 4.74 Å². The molecule has 0 saturated heterocycles. The molecular weight excluding hydrogens is 376 g/mol. The normalized spacial score (nSPS) is 16.6. The predicted octanol–water partition coefficient (Wildman–Crippen LogP) is 1.36. The Morgan fingerprint density at radius 2 is 2.32 bits per heavy atom. The van der Waals surface area contributed by atoms with Gasteiger partial charge < -0.3 is 10.1 Å². The highest BCUT2D eigenvalue weighted by Gasteiger charge is 2.30. The van der Waals surface area contributed by atoms with Gasteiger partial charge in [0.1, 0.15) is 12.4 Å². The Balaban J connectivity index is 1.27. The van der Waals surface area contributed by atoms with Gasteiger partial charge in [0.15, 0.2) is 5.16 Å². The standard InChI is InChI=1S/C20H20N4O3S/c25-18(22-9-1-2-10-27-15-5-4-8-21-12-15)11-14-13-28-20-23-17-7-3-6-16(17)19(26)24(14)20/h4-5,8,12,14H,3,6-7,9-11,13H2,(H,22,25). The highest BCUT2D eigenvalue weighted by molar-refractivity contribution is 7.99. The van der Waals surface area contributed by atoms with Gasteiger partial charge in [-0.1, -0.05) is 23.6 Å². The summed E-state index contributed by atoms with van der Waals surface area (Å²) in [5, 5.41) is 3.53. The first-order valence-corrected chi connectivity index (χ1v) is 10.2. The van der Waals surface area contributed by atoms with Crippen LogP contribution in [0.4, 0.5) is 0 Å². The van der Waals surface area contributed by atoms with Gasteiger partial charge in [0.05, 0.1) is 24.5 Å². The third kappa shape index (κ3) is 4.04. The van der Waals surface area contributed by atoms with Gasteiger partial charge in [-0.3, -0.25) is 19.1 Å². The molecular formula is C20H20N4O3S. The van der Waals surface area contributed by atoms with E-state index in [1.807, 2.05) is 0 Å². The van der Waals surface area contributed by atoms with Crippen molar-refractivity contribution in [2.24, 2.45) is 0 Å². The molecule has 1 amide bonds. The minimum atomic E-state index is -0.146. The summed E-state index contributed by atoms with van der Waals surface area (Å²) in [4.78, 5) is 33.6. The lowest BCUT2D eigenvalue weighted by Crippen LogP contribution is -2.32. The van der Waals surface area contributed by atoms with Gasteiger partial charge in [0.25, 0.3) is 5.56 Å². The second kappa shape index (κ2) is 8.48. The van der Waals surface area contributed by atoms with E-state index in [1.54, 1.807) is 40.9 Å². The van der Waals surface area contributed by atoms with Gasteiger partial charge in [-0.25, -0.2) is 4.98 Å². The summed E-state index contributed by atoms with van der Waals surface area (Å²) in [5.41, 5.74) is 1.81. The van der Waals surface area contributed by atoms with Crippen LogP contribution in [0.25, 0.3) is 0 Å². The van der Waals surface area contributed by atoms with Crippen molar-refractivity contribution in [3.63, 3.8) is 0 Å². The maximum absolute atomic E-state index is 12.7. The van der Waals surface area contributed by atoms with Gasteiger partial charge in [-0.15, -0.1) is 0 Å². The van der Waals surface area contributed by atoms with Crippen molar-refractivity contribution in [2.45, 2.75) is 36.9 Å². The first-order valence-electron chi connectivity index (χ1n) is 9.24. The minimum absolute atomic E-state index is 0.0349. The van der Waals surface area contributed by atoms with Crippen molar-refractivity contribution < 1.29 is 9.53 Å². The Kier molecular flexibility index (Phi) is 5.63. The van der Waals surface area contributed by atoms with E-state index in [0.717, 1.165) is 35.7 Å². The fraction of sp³-hybridized carbons (Fsp3) is 0.400. The van der Waals surface area contributed by atoms with E-state index >= 15 is 0 Å². The van der Waals surface area contributed by atoms with Crippen LogP contribution in [0.15, 0.2) is 34.5 Å². The Labute approximate surface area is 166 Å². The van der Waals surface area contributed by atoms with Crippen LogP contribution in [-0.4, -0.2) is 39.3 Å². The molecule has 0 bridgehead atoms. The maximum atomic E-state index is 12.7. The lowest BCUT2D eigenvalue weighted by Gasteiger charge is -2.13. The van der Waals surface area contributed by atoms with E-state index in [9.17, 15) is 9.59 Å². The number of rotatable bonds is 5. The van der Waals surface area contributed by atoms with Gasteiger partial charge in [0, 0.05) is 23.9 Å². The van der Waals surface area contributed by atoms with E-state index in [1.165, 1.54) is 0 Å². The highest BCUT2D eigenvalue weighted by Crippen LogP contribution is 2.33. The number of nitrogens with one attached hydrogen (secondary N) is 1. The molecule has 28 heavy (non-hydrogen) atoms. The molecule has 3 heterocycles. The number of hydrogen-bond acceptors (Lipinski definition) is 6. The molecule has 8 heteroatoms. The van der Waals surface area contributed by atoms with E-state index in [-0.39, 0.29) is 37.1 Å². The number of carbonyl (C=O) groups is 1. The number of hydrogen-bond donors (Lipinski definition) is 1. The second-order valence-corrected chi connectivity index (χ2v) is 7.61. The number of aromatic nitrogens is 3. The van der Waals surface area contributed by atoms with Gasteiger partial charge in [0.2, 0.25) is 5.91 Å². The Bertz CT molecular complexity index is 994. The third-order valence-electron chi connectivity index (χ3n) is 4.74. The Morgan fingerprint density at radius 3 is 3.18 bits per heavy atom. The van der Waals surface area contributed by atoms with Gasteiger partial charge in [-0.2, -0.15) is 0 Å². The zero-order chi connectivity index (χ0) is 19.3. The number of aryl methyl sites for hydroxylation is 1. The molecule has 2 aliphatic rings. The van der Waals surface area contributed by atoms with Crippen molar-refractivity contribution in [1.82, 2.24) is 19.9 Å². The van der Waals surface area contributed by atoms with Gasteiger partial charge >= 0.3 is 0 Å². The van der Waals surface area contributed by atoms with Crippen LogP contribution in [0.2, 0.25) is 0 Å². The van der Waals surface area contributed by atoms with Gasteiger partial charge in [-0.05, 0) is 31.4 Å². The summed E-state index contributed by atoms with van der Waals surface area (Å²) in [7, 11) is 0. The number of fused-ring (bicyclic) bond motifs is 2. The average molecular weight is 396 g/mol. The van der Waals surface area contributed by atoms with E-state index in [0.29, 0.717) is 11.5 Å². The van der Waals surface area contributed by atoms with Crippen LogP contribution in [0.1, 0.15) is 30.1 Å². The number of amides is 1. The molecule has 0 fully saturated rings. The van der Waals surface area contributed by atoms with Crippen molar-refractivity contribution in [3.8, 4) is 17.6 Å². The van der Waals surface area contributed by atoms with Crippen LogP contribution in [0.3, 0.4) is 0 Å². The number of nitrogens with zero attached hydrogens (tertiary/aromatic N) is 3. The third-order valence-corrected chi connectivity index (χ3v) is 5.84. The van der Waals surface area contributed by atoms with Crippen molar-refractivity contribution >= 4 is 17.7 Å². The number of thioether (sulfide) groups is 1. The summed E-state index contributed by atoms with van der Waals surface area (Å²) in [6, 6.07) is 3.45. The molecule has 1 aliphatic carbocycles. The van der Waals surface area contributed by atoms with Crippen LogP contribution in [0, 0.1) is 11.8 Å². The molecule has 2 aromatic rings. The lowest BCUT2D eigenvalue weighted by atomic mass is 10.2. The van der Waals surface area contributed by atoms with Crippen LogP contribution in [-0.2, 0) is 17.6 Å². The zero-order valence-corrected chi connectivity index (χ0v) is 16.1. The molecule has 0 spiro atoms. The fourth-order valence-electron chi connectivity index (χ4n) is 3.40. The summed E-state index contributed by atoms with van der Waals surface area (Å²) in [6.07, 6.45) is 6.21. The largest absolute Gasteiger partial charge is 0.479 e. The summed E-state index contributed by atoms with van der Waals surface area (Å²) in [5.74, 6) is 6.95. The molecule has 0 radical (unpaired) electrons. The van der Waals surface area contributed by atoms with Crippen LogP contribution >= 0.6 is 11.8 Å². The fourth-order valence-corrected chi connectivity index (χ4v) is 4.55. The number of carbonyl (C=O) groups excluding carboxylic acids is 1. The molecule has 1 unspecified atom stereocenters. The molecule has 0 saturated carbocycles. The highest BCUT2D eigenvalue weighted by atomic mass is 32.2. The summed E-state index contributed by atoms with van der Waals surface area (Å²) >= 11 is 1.55. The topological polar surface area (TPSA) is 86.1 Å². The molecule has 144 valence electrons. The molecule has 2 aromatic heterocycles. The number of pyridine rings is 1. The molecule has 4 rings (SSSR count). The minimum Gasteiger partial charge on any atom is -0.479 e. The monoisotopic (exact) mass is 396 g/mol. The van der Waals surface area contributed by atoms with Crippen LogP contribution in [0.5, 0.6) is 5.75 Å². The second-order valence-electron chi connectivity index (χ2n) is 6.62. The maximum Gasteiger partial charge on any atom is 0.257 e. The first-order chi connectivity index (χ1) is 13.7. The summed E-state index contributed by atoms with van der Waals surface area (Å²) in [6.45, 7) is 0.486. The molecule has 1 N–H and O–H groups in total. The summed E-state index contributed by atoms with van der Waals surface area (Å²) < 4.78 is 7.12. The Morgan fingerprint density at radius 1 is 1.39 bits per heavy atom. The van der Waals surface area contributed by atoms with Crippen molar-refractivity contribution in [1.29, 1.82) is 0 Å². The SMILES string of the molecule is O=C(CC1CSc2nc3c(c(=O)n21)CCC3)NCC#CCOc1cccnc1. The molecule has 1 atom stereocenters. The van der Waals surface area contributed by atoms with Crippen molar-refractivity contribution in [3.05, 3.63) is 46.1 Å². The lowest BCUT2D eigenvalue weighted by molar-refractivity contribution is -0.121. The smallest absolute Gasteiger partial charge is 0.257 e. The molecule has 7 nitrogen and oxygen atoms in total. The quantitative estimate of drug-likeness (QED) is 0.607.